The zero-order valence-corrected chi connectivity index (χ0v) is 22.3. The third-order valence-corrected chi connectivity index (χ3v) is 8.25. The van der Waals surface area contributed by atoms with E-state index in [1.165, 1.54) is 4.90 Å². The molecule has 39 heavy (non-hydrogen) atoms. The minimum atomic E-state index is -1.72. The fourth-order valence-corrected chi connectivity index (χ4v) is 6.47. The fourth-order valence-electron chi connectivity index (χ4n) is 6.47. The molecule has 1 spiro atoms. The third kappa shape index (κ3) is 3.86. The highest BCUT2D eigenvalue weighted by molar-refractivity contribution is 6.26. The van der Waals surface area contributed by atoms with Gasteiger partial charge in [-0.25, -0.2) is 0 Å². The summed E-state index contributed by atoms with van der Waals surface area (Å²) in [5.74, 6) is -1.55. The molecule has 0 bridgehead atoms. The average molecular weight is 532 g/mol. The Labute approximate surface area is 227 Å². The predicted molar refractivity (Wildman–Crippen MR) is 144 cm³/mol. The first-order valence-corrected chi connectivity index (χ1v) is 13.7. The van der Waals surface area contributed by atoms with Gasteiger partial charge in [0.2, 0.25) is 0 Å². The molecule has 9 nitrogen and oxygen atoms in total. The molecule has 0 aromatic heterocycles. The van der Waals surface area contributed by atoms with Crippen molar-refractivity contribution in [2.45, 2.75) is 38.3 Å². The van der Waals surface area contributed by atoms with Gasteiger partial charge in [0.15, 0.2) is 17.1 Å². The number of rotatable bonds is 7. The van der Waals surface area contributed by atoms with Crippen LogP contribution >= 0.6 is 0 Å². The normalized spacial score (nSPS) is 24.5. The van der Waals surface area contributed by atoms with Crippen LogP contribution in [0, 0.1) is 0 Å². The summed E-state index contributed by atoms with van der Waals surface area (Å²) in [6, 6.07) is 12.4. The number of carbonyl (C=O) groups is 3. The molecule has 0 saturated carbocycles. The molecule has 2 aromatic carbocycles. The maximum atomic E-state index is 14.3. The molecule has 4 heterocycles. The maximum Gasteiger partial charge on any atom is 0.290 e. The minimum Gasteiger partial charge on any atom is -0.503 e. The maximum absolute atomic E-state index is 14.3. The number of para-hydroxylation sites is 1. The number of hydrogen-bond acceptors (Lipinski definition) is 7. The molecule has 4 aliphatic rings. The summed E-state index contributed by atoms with van der Waals surface area (Å²) in [6.45, 7) is 8.04. The summed E-state index contributed by atoms with van der Waals surface area (Å²) < 4.78 is 11.2. The number of morpholine rings is 1. The summed E-state index contributed by atoms with van der Waals surface area (Å²) in [4.78, 5) is 47.6. The summed E-state index contributed by atoms with van der Waals surface area (Å²) in [7, 11) is 0. The Balaban J connectivity index is 1.43. The molecule has 0 aliphatic carbocycles. The molecule has 1 fully saturated rings. The summed E-state index contributed by atoms with van der Waals surface area (Å²) in [5, 5.41) is 11.3. The molecule has 1 saturated heterocycles. The highest BCUT2D eigenvalue weighted by Crippen LogP contribution is 2.53. The van der Waals surface area contributed by atoms with Gasteiger partial charge in [0.1, 0.15) is 11.9 Å². The molecule has 2 atom stereocenters. The number of hydrogen-bond donors (Lipinski definition) is 1. The van der Waals surface area contributed by atoms with Crippen molar-refractivity contribution < 1.29 is 29.0 Å². The molecule has 2 aromatic rings. The largest absolute Gasteiger partial charge is 0.503 e. The summed E-state index contributed by atoms with van der Waals surface area (Å²) >= 11 is 0. The van der Waals surface area contributed by atoms with E-state index in [1.807, 2.05) is 26.0 Å². The molecule has 1 N–H and O–H groups in total. The van der Waals surface area contributed by atoms with Crippen LogP contribution in [0.2, 0.25) is 0 Å². The second-order valence-corrected chi connectivity index (χ2v) is 10.5. The molecular weight excluding hydrogens is 498 g/mol. The number of ketones is 1. The quantitative estimate of drug-likeness (QED) is 0.549. The molecule has 0 unspecified atom stereocenters. The lowest BCUT2D eigenvalue weighted by Gasteiger charge is -2.36. The van der Waals surface area contributed by atoms with Crippen LogP contribution in [-0.2, 0) is 26.3 Å². The fraction of sp³-hybridized carbons (Fsp3) is 0.433. The van der Waals surface area contributed by atoms with Crippen molar-refractivity contribution in [3.63, 3.8) is 0 Å². The standard InChI is InChI=1S/C30H33N3O6/c1-3-32-23-8-5-4-7-22(23)30(29(32)37)25(26(34)20-9-10-24-21(18-20)17-19(2)39-24)27(35)28(36)33(30)12-6-11-31-13-15-38-16-14-31/h4-5,7-10,18-19,35H,3,6,11-17H2,1-2H3/t19-,30+/m1/s1. The number of aliphatic hydroxyl groups is 1. The van der Waals surface area contributed by atoms with Crippen LogP contribution in [-0.4, -0.2) is 84.5 Å². The van der Waals surface area contributed by atoms with E-state index < -0.39 is 28.9 Å². The Hall–Kier alpha value is -3.69. The van der Waals surface area contributed by atoms with Gasteiger partial charge in [0.05, 0.1) is 24.5 Å². The zero-order chi connectivity index (χ0) is 27.3. The molecule has 204 valence electrons. The van der Waals surface area contributed by atoms with Crippen molar-refractivity contribution in [2.75, 3.05) is 50.8 Å². The van der Waals surface area contributed by atoms with E-state index in [1.54, 1.807) is 35.2 Å². The van der Waals surface area contributed by atoms with Crippen LogP contribution in [0.1, 0.15) is 41.8 Å². The van der Waals surface area contributed by atoms with E-state index in [9.17, 15) is 19.5 Å². The lowest BCUT2D eigenvalue weighted by atomic mass is 9.80. The van der Waals surface area contributed by atoms with Gasteiger partial charge in [-0.15, -0.1) is 0 Å². The van der Waals surface area contributed by atoms with Crippen molar-refractivity contribution in [1.82, 2.24) is 9.80 Å². The Morgan fingerprint density at radius 2 is 1.87 bits per heavy atom. The van der Waals surface area contributed by atoms with E-state index in [4.69, 9.17) is 9.47 Å². The van der Waals surface area contributed by atoms with Crippen molar-refractivity contribution in [1.29, 1.82) is 0 Å². The van der Waals surface area contributed by atoms with Gasteiger partial charge in [-0.1, -0.05) is 18.2 Å². The number of ether oxygens (including phenoxy) is 2. The second-order valence-electron chi connectivity index (χ2n) is 10.5. The first-order valence-electron chi connectivity index (χ1n) is 13.7. The average Bonchev–Trinajstić information content (AvgIpc) is 3.52. The van der Waals surface area contributed by atoms with E-state index in [-0.39, 0.29) is 18.2 Å². The number of Topliss-reactive ketones (excluding diaryl/α,β-unsaturated/α-hetero) is 1. The lowest BCUT2D eigenvalue weighted by molar-refractivity contribution is -0.139. The Bertz CT molecular complexity index is 1380. The van der Waals surface area contributed by atoms with Gasteiger partial charge in [-0.05, 0) is 50.1 Å². The van der Waals surface area contributed by atoms with Gasteiger partial charge in [0, 0.05) is 50.3 Å². The molecular formula is C30H33N3O6. The molecule has 6 rings (SSSR count). The monoisotopic (exact) mass is 531 g/mol. The summed E-state index contributed by atoms with van der Waals surface area (Å²) in [5.41, 5.74) is 0.505. The number of likely N-dealkylation sites (N-methyl/N-ethyl adjacent to an activating group) is 1. The third-order valence-electron chi connectivity index (χ3n) is 8.25. The number of fused-ring (bicyclic) bond motifs is 3. The number of amides is 2. The Morgan fingerprint density at radius 3 is 2.64 bits per heavy atom. The number of anilines is 1. The van der Waals surface area contributed by atoms with Crippen LogP contribution in [0.5, 0.6) is 5.75 Å². The van der Waals surface area contributed by atoms with Crippen LogP contribution in [0.25, 0.3) is 0 Å². The minimum absolute atomic E-state index is 0.000674. The van der Waals surface area contributed by atoms with E-state index in [0.717, 1.165) is 24.4 Å². The zero-order valence-electron chi connectivity index (χ0n) is 22.3. The van der Waals surface area contributed by atoms with Crippen molar-refractivity contribution in [3.05, 3.63) is 70.5 Å². The topological polar surface area (TPSA) is 99.6 Å². The van der Waals surface area contributed by atoms with Gasteiger partial charge < -0.3 is 24.4 Å². The smallest absolute Gasteiger partial charge is 0.290 e. The Kier molecular flexibility index (Phi) is 6.43. The van der Waals surface area contributed by atoms with E-state index >= 15 is 0 Å². The van der Waals surface area contributed by atoms with Crippen molar-refractivity contribution >= 4 is 23.3 Å². The first-order chi connectivity index (χ1) is 18.9. The van der Waals surface area contributed by atoms with Crippen LogP contribution < -0.4 is 9.64 Å². The molecule has 0 radical (unpaired) electrons. The first kappa shape index (κ1) is 25.6. The highest BCUT2D eigenvalue weighted by atomic mass is 16.5. The molecule has 2 amide bonds. The number of carbonyl (C=O) groups excluding carboxylic acids is 3. The number of nitrogens with zero attached hydrogens (tertiary/aromatic N) is 3. The number of benzene rings is 2. The van der Waals surface area contributed by atoms with Gasteiger partial charge in [-0.2, -0.15) is 0 Å². The SMILES string of the molecule is CCN1C(=O)[C@@]2(C(C(=O)c3ccc4c(c3)C[C@@H](C)O4)=C(O)C(=O)N2CCCN2CCOCC2)c2ccccc21. The van der Waals surface area contributed by atoms with Crippen molar-refractivity contribution in [2.24, 2.45) is 0 Å². The van der Waals surface area contributed by atoms with E-state index in [2.05, 4.69) is 4.90 Å². The predicted octanol–water partition coefficient (Wildman–Crippen LogP) is 2.83. The highest BCUT2D eigenvalue weighted by Gasteiger charge is 2.65. The van der Waals surface area contributed by atoms with Gasteiger partial charge in [0.25, 0.3) is 11.8 Å². The Morgan fingerprint density at radius 1 is 1.10 bits per heavy atom. The van der Waals surface area contributed by atoms with Crippen LogP contribution in [0.4, 0.5) is 5.69 Å². The second kappa shape index (κ2) is 9.81. The van der Waals surface area contributed by atoms with Crippen molar-refractivity contribution in [3.8, 4) is 5.75 Å². The van der Waals surface area contributed by atoms with E-state index in [0.29, 0.717) is 56.0 Å². The summed E-state index contributed by atoms with van der Waals surface area (Å²) in [6.07, 6.45) is 1.24. The number of aliphatic hydroxyl groups excluding tert-OH is 1. The van der Waals surface area contributed by atoms with Gasteiger partial charge >= 0.3 is 0 Å². The van der Waals surface area contributed by atoms with Gasteiger partial charge in [-0.3, -0.25) is 19.3 Å². The lowest BCUT2D eigenvalue weighted by Crippen LogP contribution is -2.54. The molecule has 9 heteroatoms. The van der Waals surface area contributed by atoms with Crippen LogP contribution in [0.3, 0.4) is 0 Å². The van der Waals surface area contributed by atoms with Crippen LogP contribution in [0.15, 0.2) is 53.8 Å². The molecule has 4 aliphatic heterocycles.